The van der Waals surface area contributed by atoms with Crippen LogP contribution in [0.15, 0.2) is 18.3 Å². The maximum Gasteiger partial charge on any atom is 0.239 e. The van der Waals surface area contributed by atoms with Crippen LogP contribution in [0.25, 0.3) is 0 Å². The first kappa shape index (κ1) is 17.6. The lowest BCUT2D eigenvalue weighted by Gasteiger charge is -2.35. The first-order valence-electron chi connectivity index (χ1n) is 8.38. The van der Waals surface area contributed by atoms with Gasteiger partial charge in [0, 0.05) is 37.0 Å². The van der Waals surface area contributed by atoms with Gasteiger partial charge < -0.3 is 10.6 Å². The van der Waals surface area contributed by atoms with E-state index in [-0.39, 0.29) is 11.7 Å². The van der Waals surface area contributed by atoms with Gasteiger partial charge in [-0.1, -0.05) is 6.92 Å². The Morgan fingerprint density at radius 3 is 2.48 bits per heavy atom. The van der Waals surface area contributed by atoms with Gasteiger partial charge in [-0.3, -0.25) is 14.6 Å². The van der Waals surface area contributed by atoms with Crippen molar-refractivity contribution in [2.24, 2.45) is 17.6 Å². The lowest BCUT2D eigenvalue weighted by Crippen LogP contribution is -2.46. The molecule has 1 saturated heterocycles. The second kappa shape index (κ2) is 7.68. The monoisotopic (exact) mass is 317 g/mol. The number of aromatic nitrogens is 1. The molecule has 2 rings (SSSR count). The van der Waals surface area contributed by atoms with Crippen molar-refractivity contribution >= 4 is 11.7 Å². The Kier molecular flexibility index (Phi) is 5.88. The van der Waals surface area contributed by atoms with Crippen molar-refractivity contribution in [3.8, 4) is 0 Å². The second-order valence-corrected chi connectivity index (χ2v) is 6.74. The molecule has 23 heavy (non-hydrogen) atoms. The van der Waals surface area contributed by atoms with Crippen LogP contribution in [0.2, 0.25) is 0 Å². The molecular weight excluding hydrogens is 290 g/mol. The summed E-state index contributed by atoms with van der Waals surface area (Å²) in [5.74, 6) is 0.975. The molecule has 2 heterocycles. The zero-order valence-corrected chi connectivity index (χ0v) is 14.3. The van der Waals surface area contributed by atoms with E-state index in [0.717, 1.165) is 31.6 Å². The summed E-state index contributed by atoms with van der Waals surface area (Å²) >= 11 is 0. The van der Waals surface area contributed by atoms with Gasteiger partial charge in [-0.25, -0.2) is 0 Å². The number of ketones is 1. The van der Waals surface area contributed by atoms with Crippen molar-refractivity contribution < 1.29 is 9.59 Å². The van der Waals surface area contributed by atoms with Crippen molar-refractivity contribution in [1.29, 1.82) is 0 Å². The van der Waals surface area contributed by atoms with E-state index in [1.165, 1.54) is 0 Å². The molecule has 0 aliphatic carbocycles. The van der Waals surface area contributed by atoms with Gasteiger partial charge in [0.05, 0.1) is 6.04 Å². The summed E-state index contributed by atoms with van der Waals surface area (Å²) < 4.78 is 0. The molecule has 0 bridgehead atoms. The van der Waals surface area contributed by atoms with Crippen LogP contribution in [0.5, 0.6) is 0 Å². The number of aryl methyl sites for hydroxylation is 1. The molecule has 1 aromatic heterocycles. The van der Waals surface area contributed by atoms with Crippen molar-refractivity contribution in [1.82, 2.24) is 9.88 Å². The molecule has 1 amide bonds. The predicted molar refractivity (Wildman–Crippen MR) is 90.0 cm³/mol. The number of Topliss-reactive ketones (excluding diaryl/α,β-unsaturated/α-hetero) is 1. The topological polar surface area (TPSA) is 76.3 Å². The fourth-order valence-corrected chi connectivity index (χ4v) is 3.19. The number of hydrogen-bond donors (Lipinski definition) is 1. The van der Waals surface area contributed by atoms with Crippen LogP contribution < -0.4 is 5.73 Å². The molecule has 0 aromatic carbocycles. The van der Waals surface area contributed by atoms with Crippen molar-refractivity contribution in [3.05, 3.63) is 29.6 Å². The van der Waals surface area contributed by atoms with Crippen molar-refractivity contribution in [2.45, 2.75) is 46.1 Å². The highest BCUT2D eigenvalue weighted by atomic mass is 16.2. The highest BCUT2D eigenvalue weighted by Crippen LogP contribution is 2.28. The van der Waals surface area contributed by atoms with Crippen LogP contribution >= 0.6 is 0 Å². The maximum absolute atomic E-state index is 12.3. The molecular formula is C18H27N3O2. The number of rotatable bonds is 5. The summed E-state index contributed by atoms with van der Waals surface area (Å²) in [7, 11) is 0. The third-order valence-corrected chi connectivity index (χ3v) is 4.79. The van der Waals surface area contributed by atoms with E-state index in [1.807, 2.05) is 24.0 Å². The number of hydrogen-bond acceptors (Lipinski definition) is 4. The van der Waals surface area contributed by atoms with Gasteiger partial charge in [0.1, 0.15) is 0 Å². The molecule has 126 valence electrons. The molecule has 1 unspecified atom stereocenters. The van der Waals surface area contributed by atoms with Crippen LogP contribution in [0.3, 0.4) is 0 Å². The van der Waals surface area contributed by atoms with Gasteiger partial charge in [-0.15, -0.1) is 0 Å². The molecule has 2 N–H and O–H groups in total. The Morgan fingerprint density at radius 1 is 1.30 bits per heavy atom. The highest BCUT2D eigenvalue weighted by Gasteiger charge is 2.28. The van der Waals surface area contributed by atoms with E-state index in [2.05, 4.69) is 11.9 Å². The van der Waals surface area contributed by atoms with Crippen molar-refractivity contribution in [3.63, 3.8) is 0 Å². The van der Waals surface area contributed by atoms with Gasteiger partial charge in [-0.2, -0.15) is 0 Å². The largest absolute Gasteiger partial charge is 0.341 e. The zero-order valence-electron chi connectivity index (χ0n) is 14.3. The molecule has 1 fully saturated rings. The minimum atomic E-state index is -0.431. The fourth-order valence-electron chi connectivity index (χ4n) is 3.19. The molecule has 0 spiro atoms. The van der Waals surface area contributed by atoms with E-state index >= 15 is 0 Å². The fraction of sp³-hybridized carbons (Fsp3) is 0.611. The average molecular weight is 317 g/mol. The van der Waals surface area contributed by atoms with Crippen LogP contribution in [-0.4, -0.2) is 40.7 Å². The minimum absolute atomic E-state index is 0.0258. The number of carbonyl (C=O) groups excluding carboxylic acids is 2. The van der Waals surface area contributed by atoms with Gasteiger partial charge >= 0.3 is 0 Å². The summed E-state index contributed by atoms with van der Waals surface area (Å²) in [5.41, 5.74) is 7.26. The van der Waals surface area contributed by atoms with Crippen LogP contribution in [0.1, 0.15) is 49.2 Å². The van der Waals surface area contributed by atoms with E-state index < -0.39 is 6.04 Å². The molecule has 0 radical (unpaired) electrons. The van der Waals surface area contributed by atoms with E-state index in [1.54, 1.807) is 13.1 Å². The minimum Gasteiger partial charge on any atom is -0.341 e. The number of carbonyl (C=O) groups is 2. The van der Waals surface area contributed by atoms with Gasteiger partial charge in [-0.05, 0) is 50.7 Å². The number of nitrogens with zero attached hydrogens (tertiary/aromatic N) is 2. The molecule has 5 nitrogen and oxygen atoms in total. The van der Waals surface area contributed by atoms with Gasteiger partial charge in [0.15, 0.2) is 5.78 Å². The Hall–Kier alpha value is -1.75. The number of pyridine rings is 1. The third kappa shape index (κ3) is 4.61. The van der Waals surface area contributed by atoms with Crippen LogP contribution in [0, 0.1) is 18.8 Å². The molecule has 1 aliphatic heterocycles. The highest BCUT2D eigenvalue weighted by molar-refractivity contribution is 5.95. The first-order chi connectivity index (χ1) is 10.9. The summed E-state index contributed by atoms with van der Waals surface area (Å²) in [6.07, 6.45) is 4.09. The summed E-state index contributed by atoms with van der Waals surface area (Å²) in [6, 6.07) is 3.29. The van der Waals surface area contributed by atoms with Gasteiger partial charge in [0.2, 0.25) is 5.91 Å². The second-order valence-electron chi connectivity index (χ2n) is 6.74. The first-order valence-corrected chi connectivity index (χ1v) is 8.38. The molecule has 1 aromatic rings. The third-order valence-electron chi connectivity index (χ3n) is 4.79. The Bertz CT molecular complexity index is 546. The van der Waals surface area contributed by atoms with E-state index in [0.29, 0.717) is 23.8 Å². The van der Waals surface area contributed by atoms with Gasteiger partial charge in [0.25, 0.3) is 0 Å². The zero-order chi connectivity index (χ0) is 17.0. The SMILES string of the molecule is Cc1ccc(C(=O)CC(C)C2CCN(C(=O)[C@H](C)N)CC2)cn1. The van der Waals surface area contributed by atoms with Crippen LogP contribution in [-0.2, 0) is 4.79 Å². The molecule has 0 saturated carbocycles. The lowest BCUT2D eigenvalue weighted by molar-refractivity contribution is -0.133. The molecule has 1 aliphatic rings. The molecule has 5 heteroatoms. The Balaban J connectivity index is 1.85. The Morgan fingerprint density at radius 2 is 1.96 bits per heavy atom. The van der Waals surface area contributed by atoms with Crippen molar-refractivity contribution in [2.75, 3.05) is 13.1 Å². The lowest BCUT2D eigenvalue weighted by atomic mass is 9.82. The summed E-state index contributed by atoms with van der Waals surface area (Å²) in [4.78, 5) is 30.3. The summed E-state index contributed by atoms with van der Waals surface area (Å²) in [5, 5.41) is 0. The maximum atomic E-state index is 12.3. The number of nitrogens with two attached hydrogens (primary N) is 1. The summed E-state index contributed by atoms with van der Waals surface area (Å²) in [6.45, 7) is 7.26. The normalized spacial score (nSPS) is 18.5. The number of amides is 1. The van der Waals surface area contributed by atoms with Crippen LogP contribution in [0.4, 0.5) is 0 Å². The number of likely N-dealkylation sites (tertiary alicyclic amines) is 1. The number of piperidine rings is 1. The standard InChI is InChI=1S/C18H27N3O2/c1-12(10-17(22)16-5-4-13(2)20-11-16)15-6-8-21(9-7-15)18(23)14(3)19/h4-5,11-12,14-15H,6-10,19H2,1-3H3/t12?,14-/m0/s1. The van der Waals surface area contributed by atoms with E-state index in [4.69, 9.17) is 5.73 Å². The Labute approximate surface area is 138 Å². The predicted octanol–water partition coefficient (Wildman–Crippen LogP) is 2.18. The smallest absolute Gasteiger partial charge is 0.239 e. The molecule has 2 atom stereocenters. The average Bonchev–Trinajstić information content (AvgIpc) is 2.54. The quantitative estimate of drug-likeness (QED) is 0.845. The van der Waals surface area contributed by atoms with E-state index in [9.17, 15) is 9.59 Å².